The highest BCUT2D eigenvalue weighted by Crippen LogP contribution is 2.28. The van der Waals surface area contributed by atoms with Crippen molar-refractivity contribution in [2.45, 2.75) is 12.8 Å². The standard InChI is InChI=1S/C21H19FN4O3S/c1-29-17-8-6-16(7-9-17)26-12-14(11-19(26)27)20(28)23-21-25-24-18(30-21)10-13-2-4-15(22)5-3-13/h2-9,14H,10-12H2,1H3,(H,23,25,28)/t14-/m1/s1. The van der Waals surface area contributed by atoms with Crippen LogP contribution in [0.15, 0.2) is 48.5 Å². The van der Waals surface area contributed by atoms with Gasteiger partial charge in [0.1, 0.15) is 16.6 Å². The van der Waals surface area contributed by atoms with Crippen molar-refractivity contribution in [3.63, 3.8) is 0 Å². The predicted molar refractivity (Wildman–Crippen MR) is 111 cm³/mol. The Labute approximate surface area is 176 Å². The summed E-state index contributed by atoms with van der Waals surface area (Å²) in [5.74, 6) is -0.423. The smallest absolute Gasteiger partial charge is 0.231 e. The first kappa shape index (κ1) is 20.0. The molecule has 30 heavy (non-hydrogen) atoms. The van der Waals surface area contributed by atoms with E-state index in [2.05, 4.69) is 15.5 Å². The van der Waals surface area contributed by atoms with Crippen molar-refractivity contribution >= 4 is 34.0 Å². The van der Waals surface area contributed by atoms with Gasteiger partial charge < -0.3 is 15.0 Å². The van der Waals surface area contributed by atoms with E-state index >= 15 is 0 Å². The topological polar surface area (TPSA) is 84.4 Å². The Morgan fingerprint density at radius 3 is 2.63 bits per heavy atom. The first-order chi connectivity index (χ1) is 14.5. The molecule has 0 saturated carbocycles. The number of nitrogens with zero attached hydrogens (tertiary/aromatic N) is 3. The van der Waals surface area contributed by atoms with Crippen LogP contribution in [0.3, 0.4) is 0 Å². The molecule has 2 amide bonds. The van der Waals surface area contributed by atoms with E-state index in [1.54, 1.807) is 48.4 Å². The number of carbonyl (C=O) groups excluding carboxylic acids is 2. The van der Waals surface area contributed by atoms with Gasteiger partial charge in [-0.15, -0.1) is 10.2 Å². The number of nitrogens with one attached hydrogen (secondary N) is 1. The predicted octanol–water partition coefficient (Wildman–Crippen LogP) is 3.27. The summed E-state index contributed by atoms with van der Waals surface area (Å²) in [6.45, 7) is 0.304. The lowest BCUT2D eigenvalue weighted by Crippen LogP contribution is -2.28. The zero-order valence-corrected chi connectivity index (χ0v) is 17.0. The number of methoxy groups -OCH3 is 1. The Balaban J connectivity index is 1.36. The van der Waals surface area contributed by atoms with Crippen LogP contribution >= 0.6 is 11.3 Å². The van der Waals surface area contributed by atoms with Gasteiger partial charge in [-0.1, -0.05) is 23.5 Å². The fraction of sp³-hybridized carbons (Fsp3) is 0.238. The van der Waals surface area contributed by atoms with Crippen molar-refractivity contribution in [1.29, 1.82) is 0 Å². The summed E-state index contributed by atoms with van der Waals surface area (Å²) in [7, 11) is 1.58. The fourth-order valence-corrected chi connectivity index (χ4v) is 4.03. The molecule has 0 unspecified atom stereocenters. The second-order valence-electron chi connectivity index (χ2n) is 6.90. The van der Waals surface area contributed by atoms with Crippen LogP contribution in [0.25, 0.3) is 0 Å². The molecule has 4 rings (SSSR count). The summed E-state index contributed by atoms with van der Waals surface area (Å²) in [6.07, 6.45) is 0.639. The molecule has 1 N–H and O–H groups in total. The number of rotatable bonds is 6. The summed E-state index contributed by atoms with van der Waals surface area (Å²) in [5, 5.41) is 11.9. The molecule has 1 saturated heterocycles. The highest BCUT2D eigenvalue weighted by molar-refractivity contribution is 7.15. The largest absolute Gasteiger partial charge is 0.497 e. The zero-order valence-electron chi connectivity index (χ0n) is 16.2. The minimum absolute atomic E-state index is 0.102. The molecule has 0 aliphatic carbocycles. The lowest BCUT2D eigenvalue weighted by Gasteiger charge is -2.16. The minimum Gasteiger partial charge on any atom is -0.497 e. The van der Waals surface area contributed by atoms with Crippen molar-refractivity contribution in [3.8, 4) is 5.75 Å². The van der Waals surface area contributed by atoms with Crippen LogP contribution in [0.1, 0.15) is 17.0 Å². The Hall–Kier alpha value is -3.33. The normalized spacial score (nSPS) is 16.0. The molecule has 3 aromatic rings. The molecule has 0 bridgehead atoms. The zero-order chi connectivity index (χ0) is 21.1. The van der Waals surface area contributed by atoms with E-state index in [1.165, 1.54) is 23.5 Å². The number of hydrogen-bond donors (Lipinski definition) is 1. The number of anilines is 2. The van der Waals surface area contributed by atoms with Crippen LogP contribution < -0.4 is 15.0 Å². The number of benzene rings is 2. The van der Waals surface area contributed by atoms with Crippen LogP contribution in [0.2, 0.25) is 0 Å². The minimum atomic E-state index is -0.468. The number of halogens is 1. The van der Waals surface area contributed by atoms with Crippen LogP contribution in [-0.2, 0) is 16.0 Å². The maximum Gasteiger partial charge on any atom is 0.231 e. The average Bonchev–Trinajstić information content (AvgIpc) is 3.36. The molecule has 2 aromatic carbocycles. The van der Waals surface area contributed by atoms with Crippen molar-refractivity contribution < 1.29 is 18.7 Å². The monoisotopic (exact) mass is 426 g/mol. The molecule has 0 radical (unpaired) electrons. The van der Waals surface area contributed by atoms with Gasteiger partial charge >= 0.3 is 0 Å². The van der Waals surface area contributed by atoms with Crippen molar-refractivity contribution in [2.75, 3.05) is 23.9 Å². The van der Waals surface area contributed by atoms with Gasteiger partial charge in [0, 0.05) is 25.1 Å². The first-order valence-corrected chi connectivity index (χ1v) is 10.2. The number of carbonyl (C=O) groups is 2. The van der Waals surface area contributed by atoms with Crippen LogP contribution in [0.5, 0.6) is 5.75 Å². The number of hydrogen-bond acceptors (Lipinski definition) is 6. The molecular weight excluding hydrogens is 407 g/mol. The van der Waals surface area contributed by atoms with E-state index in [0.29, 0.717) is 28.9 Å². The van der Waals surface area contributed by atoms with E-state index in [-0.39, 0.29) is 24.1 Å². The Kier molecular flexibility index (Phi) is 5.71. The van der Waals surface area contributed by atoms with Gasteiger partial charge in [-0.25, -0.2) is 4.39 Å². The molecular formula is C21H19FN4O3S. The van der Waals surface area contributed by atoms with Gasteiger partial charge in [0.05, 0.1) is 13.0 Å². The molecule has 154 valence electrons. The van der Waals surface area contributed by atoms with Gasteiger partial charge in [-0.3, -0.25) is 9.59 Å². The number of ether oxygens (including phenoxy) is 1. The molecule has 1 aliphatic rings. The lowest BCUT2D eigenvalue weighted by atomic mass is 10.1. The maximum absolute atomic E-state index is 13.0. The van der Waals surface area contributed by atoms with Gasteiger partial charge in [0.2, 0.25) is 16.9 Å². The van der Waals surface area contributed by atoms with E-state index in [1.807, 2.05) is 0 Å². The maximum atomic E-state index is 13.0. The summed E-state index contributed by atoms with van der Waals surface area (Å²) >= 11 is 1.26. The van der Waals surface area contributed by atoms with Gasteiger partial charge in [-0.05, 0) is 42.0 Å². The molecule has 1 atom stereocenters. The summed E-state index contributed by atoms with van der Waals surface area (Å²) < 4.78 is 18.1. The van der Waals surface area contributed by atoms with Gasteiger partial charge in [-0.2, -0.15) is 0 Å². The molecule has 0 spiro atoms. The SMILES string of the molecule is COc1ccc(N2C[C@H](C(=O)Nc3nnc(Cc4ccc(F)cc4)s3)CC2=O)cc1. The first-order valence-electron chi connectivity index (χ1n) is 9.34. The summed E-state index contributed by atoms with van der Waals surface area (Å²) in [6, 6.07) is 13.3. The van der Waals surface area contributed by atoms with Crippen molar-refractivity contribution in [1.82, 2.24) is 10.2 Å². The van der Waals surface area contributed by atoms with Crippen molar-refractivity contribution in [3.05, 3.63) is 64.9 Å². The summed E-state index contributed by atoms with van der Waals surface area (Å²) in [4.78, 5) is 26.6. The number of amides is 2. The van der Waals surface area contributed by atoms with E-state index < -0.39 is 5.92 Å². The third kappa shape index (κ3) is 4.46. The van der Waals surface area contributed by atoms with E-state index in [0.717, 1.165) is 11.3 Å². The van der Waals surface area contributed by atoms with Crippen molar-refractivity contribution in [2.24, 2.45) is 5.92 Å². The van der Waals surface area contributed by atoms with Gasteiger partial charge in [0.25, 0.3) is 0 Å². The molecule has 7 nitrogen and oxygen atoms in total. The molecule has 2 heterocycles. The van der Waals surface area contributed by atoms with E-state index in [9.17, 15) is 14.0 Å². The van der Waals surface area contributed by atoms with Crippen LogP contribution in [0, 0.1) is 11.7 Å². The quantitative estimate of drug-likeness (QED) is 0.654. The third-order valence-electron chi connectivity index (χ3n) is 4.85. The molecule has 9 heteroatoms. The van der Waals surface area contributed by atoms with E-state index in [4.69, 9.17) is 4.74 Å². The average molecular weight is 426 g/mol. The second-order valence-corrected chi connectivity index (χ2v) is 7.96. The highest BCUT2D eigenvalue weighted by Gasteiger charge is 2.35. The number of aromatic nitrogens is 2. The molecule has 1 fully saturated rings. The molecule has 1 aromatic heterocycles. The Bertz CT molecular complexity index is 1050. The third-order valence-corrected chi connectivity index (χ3v) is 5.68. The summed E-state index contributed by atoms with van der Waals surface area (Å²) in [5.41, 5.74) is 1.63. The Morgan fingerprint density at radius 1 is 1.20 bits per heavy atom. The molecule has 1 aliphatic heterocycles. The fourth-order valence-electron chi connectivity index (χ4n) is 3.25. The van der Waals surface area contributed by atoms with Crippen LogP contribution in [-0.4, -0.2) is 35.7 Å². The lowest BCUT2D eigenvalue weighted by molar-refractivity contribution is -0.122. The van der Waals surface area contributed by atoms with Gasteiger partial charge in [0.15, 0.2) is 0 Å². The Morgan fingerprint density at radius 2 is 1.93 bits per heavy atom. The highest BCUT2D eigenvalue weighted by atomic mass is 32.1. The van der Waals surface area contributed by atoms with Crippen LogP contribution in [0.4, 0.5) is 15.2 Å². The second kappa shape index (κ2) is 8.58.